The van der Waals surface area contributed by atoms with Crippen LogP contribution in [0.5, 0.6) is 5.75 Å². The van der Waals surface area contributed by atoms with Crippen LogP contribution in [0, 0.1) is 13.9 Å². The normalized spacial score (nSPS) is 14.6. The van der Waals surface area contributed by atoms with Crippen molar-refractivity contribution in [3.8, 4) is 16.9 Å². The number of ether oxygens (including phenoxy) is 1. The Balaban J connectivity index is 1.96. The molecule has 0 unspecified atom stereocenters. The Kier molecular flexibility index (Phi) is 5.41. The molecule has 0 fully saturated rings. The van der Waals surface area contributed by atoms with E-state index in [2.05, 4.69) is 0 Å². The van der Waals surface area contributed by atoms with Gasteiger partial charge in [0, 0.05) is 23.3 Å². The second-order valence-corrected chi connectivity index (χ2v) is 12.0. The molecule has 2 heterocycles. The zero-order valence-electron chi connectivity index (χ0n) is 16.8. The Bertz CT molecular complexity index is 1340. The van der Waals surface area contributed by atoms with Gasteiger partial charge in [-0.3, -0.25) is 14.4 Å². The van der Waals surface area contributed by atoms with Crippen LogP contribution in [-0.4, -0.2) is 19.9 Å². The molecule has 0 aliphatic carbocycles. The number of benzene rings is 2. The predicted molar refractivity (Wildman–Crippen MR) is 125 cm³/mol. The molecule has 0 spiro atoms. The highest BCUT2D eigenvalue weighted by Crippen LogP contribution is 2.54. The quantitative estimate of drug-likeness (QED) is 0.188. The minimum absolute atomic E-state index is 0.0201. The molecule has 4 rings (SSSR count). The molecule has 11 heteroatoms. The van der Waals surface area contributed by atoms with Gasteiger partial charge in [-0.2, -0.15) is 0 Å². The first-order chi connectivity index (χ1) is 14.6. The van der Waals surface area contributed by atoms with Crippen LogP contribution in [0.25, 0.3) is 11.1 Å². The van der Waals surface area contributed by atoms with E-state index in [-0.39, 0.29) is 10.6 Å². The number of rotatable bonds is 5. The van der Waals surface area contributed by atoms with Gasteiger partial charge in [0.25, 0.3) is 15.7 Å². The van der Waals surface area contributed by atoms with Crippen LogP contribution in [-0.2, 0) is 15.6 Å². The van der Waals surface area contributed by atoms with Crippen LogP contribution in [0.3, 0.4) is 0 Å². The van der Waals surface area contributed by atoms with E-state index in [9.17, 15) is 18.5 Å². The van der Waals surface area contributed by atoms with Crippen LogP contribution in [0.15, 0.2) is 47.4 Å². The van der Waals surface area contributed by atoms with Crippen LogP contribution in [0.4, 0.5) is 11.4 Å². The molecule has 7 nitrogen and oxygen atoms in total. The highest BCUT2D eigenvalue weighted by Gasteiger charge is 2.46. The fraction of sp³-hybridized carbons (Fsp3) is 0.250. The van der Waals surface area contributed by atoms with Crippen molar-refractivity contribution in [2.45, 2.75) is 31.2 Å². The maximum absolute atomic E-state index is 13.8. The lowest BCUT2D eigenvalue weighted by Gasteiger charge is -2.43. The molecule has 162 valence electrons. The lowest BCUT2D eigenvalue weighted by molar-refractivity contribution is -0.384. The smallest absolute Gasteiger partial charge is 0.269 e. The molecule has 0 N–H and O–H groups in total. The molecule has 0 radical (unpaired) electrons. The summed E-state index contributed by atoms with van der Waals surface area (Å²) in [6.07, 6.45) is 0. The second kappa shape index (κ2) is 7.66. The van der Waals surface area contributed by atoms with Gasteiger partial charge in [-0.05, 0) is 51.1 Å². The molecular weight excluding hydrogens is 476 g/mol. The number of nitro groups is 1. The third-order valence-electron chi connectivity index (χ3n) is 5.05. The van der Waals surface area contributed by atoms with Crippen molar-refractivity contribution in [3.05, 3.63) is 61.3 Å². The number of nitro benzene ring substituents is 1. The molecule has 1 aromatic heterocycles. The first-order valence-electron chi connectivity index (χ1n) is 9.29. The highest BCUT2D eigenvalue weighted by molar-refractivity contribution is 7.93. The molecule has 3 aromatic rings. The van der Waals surface area contributed by atoms with Gasteiger partial charge in [0.05, 0.1) is 32.5 Å². The van der Waals surface area contributed by atoms with Crippen molar-refractivity contribution in [2.75, 3.05) is 10.9 Å². The maximum atomic E-state index is 13.8. The first kappa shape index (κ1) is 21.9. The molecule has 0 atom stereocenters. The van der Waals surface area contributed by atoms with Crippen molar-refractivity contribution in [3.63, 3.8) is 0 Å². The topological polar surface area (TPSA) is 89.8 Å². The van der Waals surface area contributed by atoms with Gasteiger partial charge in [-0.25, -0.2) is 8.42 Å². The summed E-state index contributed by atoms with van der Waals surface area (Å²) in [5, 5.41) is 11.0. The van der Waals surface area contributed by atoms with Gasteiger partial charge in [0.1, 0.15) is 9.57 Å². The Hall–Kier alpha value is -2.34. The van der Waals surface area contributed by atoms with E-state index < -0.39 is 20.5 Å². The van der Waals surface area contributed by atoms with Crippen molar-refractivity contribution >= 4 is 54.3 Å². The highest BCUT2D eigenvalue weighted by atomic mass is 32.9. The van der Waals surface area contributed by atoms with Gasteiger partial charge >= 0.3 is 0 Å². The van der Waals surface area contributed by atoms with Crippen molar-refractivity contribution < 1.29 is 18.1 Å². The first-order valence-corrected chi connectivity index (χ1v) is 13.3. The van der Waals surface area contributed by atoms with Crippen molar-refractivity contribution in [1.82, 2.24) is 0 Å². The molecule has 1 aliphatic rings. The maximum Gasteiger partial charge on any atom is 0.269 e. The number of non-ortho nitro benzene ring substituents is 1. The number of anilines is 1. The van der Waals surface area contributed by atoms with Crippen molar-refractivity contribution in [2.24, 2.45) is 0 Å². The number of hydrogen-bond acceptors (Lipinski definition) is 8. The van der Waals surface area contributed by atoms with Crippen LogP contribution in [0.2, 0.25) is 0 Å². The fourth-order valence-corrected chi connectivity index (χ4v) is 8.85. The number of sulfonamides is 1. The summed E-state index contributed by atoms with van der Waals surface area (Å²) in [5.74, 6) is 0.630. The number of hydrogen-bond donors (Lipinski definition) is 0. The van der Waals surface area contributed by atoms with Gasteiger partial charge in [-0.15, -0.1) is 0 Å². The molecule has 2 aromatic carbocycles. The van der Waals surface area contributed by atoms with Gasteiger partial charge < -0.3 is 4.74 Å². The van der Waals surface area contributed by atoms with E-state index in [0.717, 1.165) is 10.4 Å². The fourth-order valence-electron chi connectivity index (χ4n) is 3.71. The van der Waals surface area contributed by atoms with Crippen LogP contribution >= 0.6 is 32.9 Å². The summed E-state index contributed by atoms with van der Waals surface area (Å²) in [6, 6.07) is 10.2. The second-order valence-electron chi connectivity index (χ2n) is 7.35. The summed E-state index contributed by atoms with van der Waals surface area (Å²) in [4.78, 5) is 11.3. The SMILES string of the molecule is CCOc1ccc2c(c1)-c1c(ssc1=S)C(C)(C)N2S(=O)(=O)c1ccc([N+](=O)[O-])cc1. The summed E-state index contributed by atoms with van der Waals surface area (Å²) in [7, 11) is -1.13. The van der Waals surface area contributed by atoms with E-state index in [1.165, 1.54) is 49.3 Å². The predicted octanol–water partition coefficient (Wildman–Crippen LogP) is 5.96. The van der Waals surface area contributed by atoms with E-state index in [1.807, 2.05) is 26.8 Å². The minimum atomic E-state index is -4.04. The van der Waals surface area contributed by atoms with Gasteiger partial charge in [0.15, 0.2) is 0 Å². The average Bonchev–Trinajstić information content (AvgIpc) is 3.11. The lowest BCUT2D eigenvalue weighted by atomic mass is 9.90. The zero-order valence-corrected chi connectivity index (χ0v) is 20.1. The molecule has 31 heavy (non-hydrogen) atoms. The Morgan fingerprint density at radius 2 is 1.84 bits per heavy atom. The summed E-state index contributed by atoms with van der Waals surface area (Å²) in [6.45, 7) is 6.04. The summed E-state index contributed by atoms with van der Waals surface area (Å²) >= 11 is 5.58. The van der Waals surface area contributed by atoms with E-state index in [0.29, 0.717) is 27.4 Å². The van der Waals surface area contributed by atoms with E-state index in [1.54, 1.807) is 12.1 Å². The van der Waals surface area contributed by atoms with Gasteiger partial charge in [0.2, 0.25) is 0 Å². The lowest BCUT2D eigenvalue weighted by Crippen LogP contribution is -2.47. The van der Waals surface area contributed by atoms with Crippen molar-refractivity contribution in [1.29, 1.82) is 0 Å². The Morgan fingerprint density at radius 3 is 2.45 bits per heavy atom. The summed E-state index contributed by atoms with van der Waals surface area (Å²) < 4.78 is 35.3. The number of nitrogens with zero attached hydrogens (tertiary/aromatic N) is 2. The zero-order chi connectivity index (χ0) is 22.6. The minimum Gasteiger partial charge on any atom is -0.494 e. The third kappa shape index (κ3) is 3.45. The monoisotopic (exact) mass is 494 g/mol. The van der Waals surface area contributed by atoms with Crippen LogP contribution in [0.1, 0.15) is 25.6 Å². The molecule has 1 aliphatic heterocycles. The van der Waals surface area contributed by atoms with Gasteiger partial charge in [-0.1, -0.05) is 32.9 Å². The van der Waals surface area contributed by atoms with E-state index in [4.69, 9.17) is 17.0 Å². The standard InChI is InChI=1S/C20H18N2O5S4/c1-4-27-13-7-10-16-15(11-13)17-18(29-30-19(17)28)20(2,3)21(16)31(25,26)14-8-5-12(6-9-14)22(23)24/h5-11H,4H2,1-3H3. The largest absolute Gasteiger partial charge is 0.494 e. The molecule has 0 bridgehead atoms. The molecule has 0 saturated heterocycles. The summed E-state index contributed by atoms with van der Waals surface area (Å²) in [5.41, 5.74) is 0.983. The molecule has 0 amide bonds. The number of fused-ring (bicyclic) bond motifs is 3. The van der Waals surface area contributed by atoms with E-state index >= 15 is 0 Å². The Morgan fingerprint density at radius 1 is 1.16 bits per heavy atom. The third-order valence-corrected chi connectivity index (χ3v) is 10.4. The molecule has 0 saturated carbocycles. The van der Waals surface area contributed by atoms with Crippen LogP contribution < -0.4 is 9.04 Å². The average molecular weight is 495 g/mol. The molecular formula is C20H18N2O5S4. The Labute approximate surface area is 192 Å².